The monoisotopic (exact) mass is 985 g/mol. The fraction of sp³-hybridized carbons (Fsp3) is 0.553. The maximum absolute atomic E-state index is 15.2. The van der Waals surface area contributed by atoms with Gasteiger partial charge in [0, 0.05) is 43.7 Å². The van der Waals surface area contributed by atoms with E-state index in [1.54, 1.807) is 43.4 Å². The Morgan fingerprint density at radius 3 is 2.27 bits per heavy atom. The van der Waals surface area contributed by atoms with Crippen LogP contribution in [0.25, 0.3) is 22.3 Å². The fourth-order valence-corrected chi connectivity index (χ4v) is 9.60. The summed E-state index contributed by atoms with van der Waals surface area (Å²) in [5, 5.41) is 26.3. The van der Waals surface area contributed by atoms with Gasteiger partial charge >= 0.3 is 24.1 Å². The molecule has 1 fully saturated rings. The number of para-hydroxylation sites is 1. The highest BCUT2D eigenvalue weighted by atomic mass is 19.4. The molecule has 70 heavy (non-hydrogen) atoms. The number of hydrogen-bond acceptors (Lipinski definition) is 13. The van der Waals surface area contributed by atoms with Crippen molar-refractivity contribution in [2.75, 3.05) is 53.9 Å². The van der Waals surface area contributed by atoms with Gasteiger partial charge in [-0.2, -0.15) is 13.2 Å². The van der Waals surface area contributed by atoms with Gasteiger partial charge in [0.2, 0.25) is 23.6 Å². The average molecular weight is 986 g/mol. The largest absolute Gasteiger partial charge is 0.490 e. The van der Waals surface area contributed by atoms with Gasteiger partial charge in [0.05, 0.1) is 35.4 Å². The van der Waals surface area contributed by atoms with Crippen molar-refractivity contribution in [3.63, 3.8) is 0 Å². The number of alkyl halides is 3. The molecule has 1 unspecified atom stereocenters. The molecule has 5 atom stereocenters. The summed E-state index contributed by atoms with van der Waals surface area (Å²) in [6.07, 6.45) is -4.39. The van der Waals surface area contributed by atoms with Gasteiger partial charge in [0.1, 0.15) is 36.2 Å². The van der Waals surface area contributed by atoms with Crippen LogP contribution < -0.4 is 27.2 Å². The molecule has 0 spiro atoms. The zero-order valence-corrected chi connectivity index (χ0v) is 40.3. The smallest absolute Gasteiger partial charge is 0.480 e. The van der Waals surface area contributed by atoms with Gasteiger partial charge in [-0.1, -0.05) is 45.9 Å². The Balaban J connectivity index is 0.00000121. The van der Waals surface area contributed by atoms with Crippen LogP contribution in [0.15, 0.2) is 35.1 Å². The first-order chi connectivity index (χ1) is 32.9. The number of nitrogens with two attached hydrogens (primary N) is 1. The second-order valence-corrected chi connectivity index (χ2v) is 18.1. The number of ether oxygens (including phenoxy) is 1. The molecule has 3 aliphatic rings. The van der Waals surface area contributed by atoms with E-state index >= 15 is 4.79 Å². The van der Waals surface area contributed by atoms with Gasteiger partial charge in [0.15, 0.2) is 0 Å². The molecule has 0 bridgehead atoms. The van der Waals surface area contributed by atoms with Crippen LogP contribution in [-0.4, -0.2) is 160 Å². The molecule has 3 aromatic rings. The van der Waals surface area contributed by atoms with Crippen molar-refractivity contribution in [3.05, 3.63) is 62.9 Å². The average Bonchev–Trinajstić information content (AvgIpc) is 3.94. The Morgan fingerprint density at radius 2 is 1.69 bits per heavy atom. The molecule has 7 N–H and O–H groups in total. The maximum atomic E-state index is 15.2. The summed E-state index contributed by atoms with van der Waals surface area (Å²) in [6, 6.07) is 4.34. The van der Waals surface area contributed by atoms with Crippen molar-refractivity contribution in [3.8, 4) is 11.4 Å². The number of esters is 1. The molecule has 5 heterocycles. The van der Waals surface area contributed by atoms with Gasteiger partial charge in [-0.15, -0.1) is 0 Å². The second-order valence-electron chi connectivity index (χ2n) is 18.1. The number of likely N-dealkylation sites (tertiary alicyclic amines) is 1. The van der Waals surface area contributed by atoms with Gasteiger partial charge in [0.25, 0.3) is 5.56 Å². The normalized spacial score (nSPS) is 18.6. The zero-order chi connectivity index (χ0) is 52.0. The molecule has 1 aromatic carbocycles. The number of cyclic esters (lactones) is 1. The first-order valence-corrected chi connectivity index (χ1v) is 23.1. The Hall–Kier alpha value is -6.46. The van der Waals surface area contributed by atoms with Gasteiger partial charge < -0.3 is 51.0 Å². The lowest BCUT2D eigenvalue weighted by Gasteiger charge is -2.45. The summed E-state index contributed by atoms with van der Waals surface area (Å²) in [7, 11) is 5.45. The van der Waals surface area contributed by atoms with Crippen LogP contribution in [0, 0.1) is 5.92 Å². The number of nitrogens with one attached hydrogen (secondary N) is 3. The summed E-state index contributed by atoms with van der Waals surface area (Å²) < 4.78 is 39.3. The lowest BCUT2D eigenvalue weighted by Crippen LogP contribution is -2.65. The van der Waals surface area contributed by atoms with Crippen LogP contribution in [-0.2, 0) is 63.3 Å². The Morgan fingerprint density at radius 1 is 1.01 bits per heavy atom. The molecular weight excluding hydrogens is 924 g/mol. The number of aryl methyl sites for hydroxylation is 1. The zero-order valence-electron chi connectivity index (χ0n) is 40.3. The molecule has 23 heteroatoms. The molecule has 2 aromatic heterocycles. The predicted molar refractivity (Wildman–Crippen MR) is 248 cm³/mol. The Kier molecular flexibility index (Phi) is 17.5. The van der Waals surface area contributed by atoms with E-state index in [1.807, 2.05) is 38.4 Å². The molecule has 3 aliphatic heterocycles. The van der Waals surface area contributed by atoms with E-state index in [0.29, 0.717) is 49.4 Å². The van der Waals surface area contributed by atoms with E-state index in [4.69, 9.17) is 25.4 Å². The quantitative estimate of drug-likeness (QED) is 0.0724. The Labute approximate surface area is 402 Å². The SMILES string of the molecule is CCc1c2c(nc3ccccc13)-c1cc3c(c(=O)n1C2)COC(=O)[C@]3(CC)C(C(=O)N[C@@H](CC(N)=O)C(=O)N1CCC[C@H]1C(=O)N[C@H](C(=O)O)C(C)C)N(C)CCN(C)CCNC.O=C(O)C(F)(F)F. The van der Waals surface area contributed by atoms with Crippen molar-refractivity contribution >= 4 is 52.4 Å². The van der Waals surface area contributed by atoms with Crippen molar-refractivity contribution in [2.24, 2.45) is 11.7 Å². The maximum Gasteiger partial charge on any atom is 0.490 e. The van der Waals surface area contributed by atoms with E-state index in [1.165, 1.54) is 4.90 Å². The van der Waals surface area contributed by atoms with Crippen LogP contribution in [0.1, 0.15) is 75.6 Å². The molecule has 0 saturated carbocycles. The molecule has 0 aliphatic carbocycles. The number of primary amides is 1. The minimum Gasteiger partial charge on any atom is -0.480 e. The number of likely N-dealkylation sites (N-methyl/N-ethyl adjacent to an activating group) is 3. The minimum atomic E-state index is -5.08. The number of carboxylic acid groups (broad SMARTS) is 2. The number of halogens is 3. The number of pyridine rings is 2. The third-order valence-electron chi connectivity index (χ3n) is 13.2. The molecular formula is C47H62F3N9O11. The van der Waals surface area contributed by atoms with Crippen LogP contribution in [0.5, 0.6) is 0 Å². The van der Waals surface area contributed by atoms with Crippen molar-refractivity contribution < 1.29 is 61.7 Å². The summed E-state index contributed by atoms with van der Waals surface area (Å²) in [5.74, 6) is -8.31. The van der Waals surface area contributed by atoms with Crippen LogP contribution in [0.4, 0.5) is 13.2 Å². The minimum absolute atomic E-state index is 0.00135. The molecule has 382 valence electrons. The number of nitrogens with zero attached hydrogens (tertiary/aromatic N) is 5. The lowest BCUT2D eigenvalue weighted by molar-refractivity contribution is -0.192. The fourth-order valence-electron chi connectivity index (χ4n) is 9.60. The number of aromatic nitrogens is 2. The summed E-state index contributed by atoms with van der Waals surface area (Å²) in [5.41, 5.74) is 7.94. The van der Waals surface area contributed by atoms with Crippen LogP contribution in [0.2, 0.25) is 0 Å². The number of fused-ring (bicyclic) bond motifs is 5. The van der Waals surface area contributed by atoms with Crippen molar-refractivity contribution in [2.45, 2.75) is 109 Å². The topological polar surface area (TPSA) is 276 Å². The highest BCUT2D eigenvalue weighted by Gasteiger charge is 2.57. The predicted octanol–water partition coefficient (Wildman–Crippen LogP) is 1.35. The van der Waals surface area contributed by atoms with Crippen LogP contribution in [0.3, 0.4) is 0 Å². The summed E-state index contributed by atoms with van der Waals surface area (Å²) in [6.45, 7) is 9.25. The van der Waals surface area contributed by atoms with Crippen molar-refractivity contribution in [1.82, 2.24) is 40.2 Å². The van der Waals surface area contributed by atoms with Gasteiger partial charge in [-0.25, -0.2) is 14.6 Å². The van der Waals surface area contributed by atoms with Crippen LogP contribution >= 0.6 is 0 Å². The lowest BCUT2D eigenvalue weighted by atomic mass is 9.68. The number of carbonyl (C=O) groups excluding carboxylic acids is 5. The number of benzene rings is 1. The third-order valence-corrected chi connectivity index (χ3v) is 13.2. The van der Waals surface area contributed by atoms with E-state index in [2.05, 4.69) is 27.8 Å². The van der Waals surface area contributed by atoms with Crippen molar-refractivity contribution in [1.29, 1.82) is 0 Å². The third kappa shape index (κ3) is 11.3. The number of aliphatic carboxylic acids is 2. The molecule has 4 amide bonds. The second kappa shape index (κ2) is 22.5. The molecule has 6 rings (SSSR count). The number of carbonyl (C=O) groups is 7. The molecule has 1 saturated heterocycles. The van der Waals surface area contributed by atoms with E-state index in [9.17, 15) is 47.0 Å². The molecule has 0 radical (unpaired) electrons. The summed E-state index contributed by atoms with van der Waals surface area (Å²) in [4.78, 5) is 116. The van der Waals surface area contributed by atoms with Gasteiger partial charge in [-0.05, 0) is 76.0 Å². The standard InChI is InChI=1S/C45H61N9O9.C2HF3O2/c1-8-26-27-13-10-11-14-31(27)48-37-28(26)23-54-34(37)21-30-29(41(54)58)24-63-44(62)45(30,9-2)38(52(7)20-19-51(6)18-16-47-5)40(57)49-32(22-35(46)55)42(59)53-17-12-15-33(53)39(56)50-36(25(3)4)43(60)61;3-2(4,5)1(6)7/h10-11,13-14,21,25,32-33,36,38,47H,8-9,12,15-20,22-24H2,1-7H3,(H2,46,55)(H,49,57)(H,50,56)(H,60,61);(H,6,7)/t32-,33-,36-,38?,45-;/m0./s1. The van der Waals surface area contributed by atoms with E-state index in [-0.39, 0.29) is 50.2 Å². The first kappa shape index (κ1) is 54.5. The highest BCUT2D eigenvalue weighted by Crippen LogP contribution is 2.44. The van der Waals surface area contributed by atoms with E-state index < -0.39 is 89.6 Å². The number of amides is 4. The van der Waals surface area contributed by atoms with Gasteiger partial charge in [-0.3, -0.25) is 33.7 Å². The number of hydrogen-bond donors (Lipinski definition) is 6. The summed E-state index contributed by atoms with van der Waals surface area (Å²) >= 11 is 0. The molecule has 20 nitrogen and oxygen atoms in total. The number of carboxylic acids is 2. The van der Waals surface area contributed by atoms with E-state index in [0.717, 1.165) is 22.0 Å². The Bertz CT molecular complexity index is 2570. The highest BCUT2D eigenvalue weighted by molar-refractivity contribution is 6.00. The number of rotatable bonds is 19. The first-order valence-electron chi connectivity index (χ1n) is 23.1.